The van der Waals surface area contributed by atoms with Crippen LogP contribution in [0.4, 0.5) is 5.13 Å². The van der Waals surface area contributed by atoms with Gasteiger partial charge in [-0.05, 0) is 44.5 Å². The Balaban J connectivity index is 1.48. The summed E-state index contributed by atoms with van der Waals surface area (Å²) in [5, 5.41) is 17.4. The number of amides is 2. The Morgan fingerprint density at radius 2 is 1.96 bits per heavy atom. The summed E-state index contributed by atoms with van der Waals surface area (Å²) >= 11 is 0.960. The van der Waals surface area contributed by atoms with E-state index in [-0.39, 0.29) is 15.1 Å². The number of ether oxygens (including phenoxy) is 1. The molecule has 0 bridgehead atoms. The number of rotatable bonds is 14. The van der Waals surface area contributed by atoms with Gasteiger partial charge in [0.15, 0.2) is 17.9 Å². The quantitative estimate of drug-likeness (QED) is 0.0482. The van der Waals surface area contributed by atoms with E-state index in [2.05, 4.69) is 15.5 Å². The largest absolute Gasteiger partial charge is 0.489 e. The molecule has 7 N–H and O–H groups in total. The molecule has 3 aromatic rings. The van der Waals surface area contributed by atoms with Gasteiger partial charge in [0, 0.05) is 5.38 Å². The number of carbonyl (C=O) groups is 3. The average Bonchev–Trinajstić information content (AvgIpc) is 3.58. The second kappa shape index (κ2) is 13.2. The Morgan fingerprint density at radius 3 is 2.51 bits per heavy atom. The van der Waals surface area contributed by atoms with Crippen molar-refractivity contribution >= 4 is 50.3 Å². The summed E-state index contributed by atoms with van der Waals surface area (Å²) in [5.41, 5.74) is 10.5. The maximum Gasteiger partial charge on any atom is 0.362 e. The van der Waals surface area contributed by atoms with Crippen molar-refractivity contribution in [3.05, 3.63) is 47.7 Å². The van der Waals surface area contributed by atoms with E-state index in [0.717, 1.165) is 35.4 Å². The van der Waals surface area contributed by atoms with E-state index in [1.54, 1.807) is 12.1 Å². The van der Waals surface area contributed by atoms with E-state index in [1.807, 2.05) is 40.9 Å². The molecule has 242 valence electrons. The van der Waals surface area contributed by atoms with E-state index in [0.29, 0.717) is 12.3 Å². The van der Waals surface area contributed by atoms with Crippen LogP contribution in [0.2, 0.25) is 0 Å². The molecule has 45 heavy (non-hydrogen) atoms. The van der Waals surface area contributed by atoms with E-state index < -0.39 is 58.1 Å². The third kappa shape index (κ3) is 7.39. The number of carboxylic acids is 1. The maximum atomic E-state index is 13.1. The summed E-state index contributed by atoms with van der Waals surface area (Å²) < 4.78 is 41.9. The minimum absolute atomic E-state index is 0.0600. The highest BCUT2D eigenvalue weighted by Gasteiger charge is 2.51. The lowest BCUT2D eigenvalue weighted by atomic mass is 10.0. The van der Waals surface area contributed by atoms with Crippen LogP contribution in [0.25, 0.3) is 11.1 Å². The predicted molar refractivity (Wildman–Crippen MR) is 160 cm³/mol. The molecule has 1 unspecified atom stereocenters. The number of aliphatic carboxylic acids is 1. The van der Waals surface area contributed by atoms with Gasteiger partial charge in [-0.3, -0.25) is 14.1 Å². The van der Waals surface area contributed by atoms with E-state index >= 15 is 0 Å². The third-order valence-corrected chi connectivity index (χ3v) is 8.64. The standard InChI is InChI=1S/C26H32N8O9S2/c1-15-20(23(36)34(15)45(39,40)41)30-22(35)21(19-13-44-25(28)29-19)31-43-26(2,24(37)38)14-42-18-7-5-16(6-8-18)17-11-32(3)33(12-17)10-4-9-27/h5-8,11-13,15,20H,4,9-10,14,27H2,1-3H3,(H4-,28,29,30,35,37,38,39,40,41)/p+1/b31-21-/t15-,20+,26?/m1/s1. The highest BCUT2D eigenvalue weighted by Crippen LogP contribution is 2.25. The zero-order valence-electron chi connectivity index (χ0n) is 24.5. The summed E-state index contributed by atoms with van der Waals surface area (Å²) in [5.74, 6) is -3.23. The number of aryl methyl sites for hydroxylation is 2. The molecule has 2 amide bonds. The number of aromatic nitrogens is 3. The highest BCUT2D eigenvalue weighted by molar-refractivity contribution is 7.84. The molecule has 1 aliphatic rings. The van der Waals surface area contributed by atoms with Crippen LogP contribution in [0.15, 0.2) is 47.2 Å². The van der Waals surface area contributed by atoms with Crippen LogP contribution in [0.1, 0.15) is 26.0 Å². The SMILES string of the molecule is C[C@@H]1[C@H](NC(=O)/C(=N\OC(C)(COc2ccc(-c3cn(CCCN)[n+](C)c3)cc2)C(=O)O)c2csc(N)n2)C(=O)N1S(=O)(=O)O. The number of carbonyl (C=O) groups excluding carboxylic acids is 2. The number of oxime groups is 1. The van der Waals surface area contributed by atoms with Crippen molar-refractivity contribution in [2.24, 2.45) is 17.9 Å². The fourth-order valence-electron chi connectivity index (χ4n) is 4.34. The first-order valence-corrected chi connectivity index (χ1v) is 15.7. The molecule has 3 heterocycles. The summed E-state index contributed by atoms with van der Waals surface area (Å²) in [7, 11) is -2.90. The number of nitrogens with one attached hydrogen (secondary N) is 1. The van der Waals surface area contributed by atoms with Gasteiger partial charge in [-0.1, -0.05) is 17.3 Å². The van der Waals surface area contributed by atoms with Gasteiger partial charge >= 0.3 is 16.3 Å². The summed E-state index contributed by atoms with van der Waals surface area (Å²) in [4.78, 5) is 46.9. The van der Waals surface area contributed by atoms with Gasteiger partial charge in [0.2, 0.25) is 6.20 Å². The number of thiazole rings is 1. The Labute approximate surface area is 261 Å². The van der Waals surface area contributed by atoms with E-state index in [4.69, 9.17) is 21.0 Å². The normalized spacial score (nSPS) is 18.2. The lowest BCUT2D eigenvalue weighted by Crippen LogP contribution is -2.71. The van der Waals surface area contributed by atoms with Crippen LogP contribution in [0, 0.1) is 0 Å². The fraction of sp³-hybridized carbons (Fsp3) is 0.385. The molecule has 0 spiro atoms. The van der Waals surface area contributed by atoms with Crippen LogP contribution in [-0.4, -0.2) is 86.4 Å². The number of anilines is 1. The number of nitrogens with zero attached hydrogens (tertiary/aromatic N) is 5. The third-order valence-electron chi connectivity index (χ3n) is 6.95. The summed E-state index contributed by atoms with van der Waals surface area (Å²) in [6, 6.07) is 4.53. The van der Waals surface area contributed by atoms with E-state index in [1.165, 1.54) is 19.2 Å². The molecule has 17 nitrogen and oxygen atoms in total. The van der Waals surface area contributed by atoms with Crippen LogP contribution in [0.3, 0.4) is 0 Å². The van der Waals surface area contributed by atoms with Crippen molar-refractivity contribution in [2.75, 3.05) is 18.9 Å². The van der Waals surface area contributed by atoms with Gasteiger partial charge < -0.3 is 31.5 Å². The summed E-state index contributed by atoms with van der Waals surface area (Å²) in [6.07, 6.45) is 4.80. The van der Waals surface area contributed by atoms with Crippen LogP contribution >= 0.6 is 11.3 Å². The number of hydrogen-bond donors (Lipinski definition) is 5. The molecule has 0 radical (unpaired) electrons. The van der Waals surface area contributed by atoms with Crippen molar-refractivity contribution < 1.29 is 46.7 Å². The first kappa shape index (κ1) is 33.3. The number of nitrogens with two attached hydrogens (primary N) is 2. The Bertz CT molecular complexity index is 1720. The molecule has 0 saturated carbocycles. The van der Waals surface area contributed by atoms with Crippen molar-refractivity contribution in [1.29, 1.82) is 0 Å². The van der Waals surface area contributed by atoms with Gasteiger partial charge in [0.1, 0.15) is 24.1 Å². The minimum atomic E-state index is -4.83. The Morgan fingerprint density at radius 1 is 1.27 bits per heavy atom. The zero-order chi connectivity index (χ0) is 33.1. The van der Waals surface area contributed by atoms with E-state index in [9.17, 15) is 32.5 Å². The number of benzene rings is 1. The molecule has 1 aliphatic heterocycles. The number of hydrogen-bond acceptors (Lipinski definition) is 12. The molecule has 0 aliphatic carbocycles. The van der Waals surface area contributed by atoms with Gasteiger partial charge in [0.05, 0.1) is 24.3 Å². The average molecular weight is 666 g/mol. The first-order valence-electron chi connectivity index (χ1n) is 13.5. The zero-order valence-corrected chi connectivity index (χ0v) is 26.1. The molecular formula is C26H33N8O9S2+. The number of nitrogen functional groups attached to an aromatic ring is 1. The van der Waals surface area contributed by atoms with Crippen LogP contribution < -0.4 is 26.2 Å². The molecular weight excluding hydrogens is 632 g/mol. The predicted octanol–water partition coefficient (Wildman–Crippen LogP) is -0.472. The van der Waals surface area contributed by atoms with Crippen molar-refractivity contribution in [3.63, 3.8) is 0 Å². The monoisotopic (exact) mass is 665 g/mol. The first-order chi connectivity index (χ1) is 21.1. The van der Waals surface area contributed by atoms with Crippen molar-refractivity contribution in [3.8, 4) is 16.9 Å². The number of carboxylic acid groups (broad SMARTS) is 1. The maximum absolute atomic E-state index is 13.1. The minimum Gasteiger partial charge on any atom is -0.489 e. The van der Waals surface area contributed by atoms with Crippen LogP contribution in [-0.2, 0) is 43.1 Å². The molecule has 3 atom stereocenters. The Kier molecular flexibility index (Phi) is 9.76. The second-order valence-electron chi connectivity index (χ2n) is 10.3. The van der Waals surface area contributed by atoms with Crippen molar-refractivity contribution in [2.45, 2.75) is 44.5 Å². The van der Waals surface area contributed by atoms with Gasteiger partial charge in [-0.15, -0.1) is 16.0 Å². The molecule has 19 heteroatoms. The lowest BCUT2D eigenvalue weighted by Gasteiger charge is -2.42. The van der Waals surface area contributed by atoms with Crippen LogP contribution in [0.5, 0.6) is 5.75 Å². The van der Waals surface area contributed by atoms with Gasteiger partial charge in [-0.25, -0.2) is 14.1 Å². The highest BCUT2D eigenvalue weighted by atomic mass is 32.2. The molecule has 1 saturated heterocycles. The second-order valence-corrected chi connectivity index (χ2v) is 12.5. The fourth-order valence-corrected chi connectivity index (χ4v) is 5.77. The smallest absolute Gasteiger partial charge is 0.362 e. The van der Waals surface area contributed by atoms with Gasteiger partial charge in [0.25, 0.3) is 17.4 Å². The molecule has 1 fully saturated rings. The van der Waals surface area contributed by atoms with Crippen molar-refractivity contribution in [1.82, 2.24) is 19.3 Å². The Hall–Kier alpha value is -4.59. The molecule has 1 aromatic carbocycles. The molecule has 4 rings (SSSR count). The molecule has 2 aromatic heterocycles. The lowest BCUT2D eigenvalue weighted by molar-refractivity contribution is -0.753. The van der Waals surface area contributed by atoms with Gasteiger partial charge in [-0.2, -0.15) is 13.1 Å². The summed E-state index contributed by atoms with van der Waals surface area (Å²) in [6.45, 7) is 3.30. The number of β-lactam (4-membered cyclic amide) rings is 1. The topological polar surface area (TPSA) is 246 Å².